The number of allylic oxidation sites excluding steroid dienone is 4. The number of hydrogen-bond acceptors (Lipinski definition) is 4. The van der Waals surface area contributed by atoms with Crippen LogP contribution in [0.5, 0.6) is 0 Å². The van der Waals surface area contributed by atoms with Crippen LogP contribution >= 0.6 is 0 Å². The van der Waals surface area contributed by atoms with Gasteiger partial charge in [0.25, 0.3) is 10.0 Å². The van der Waals surface area contributed by atoms with E-state index in [2.05, 4.69) is 23.5 Å². The lowest BCUT2D eigenvalue weighted by Gasteiger charge is -2.10. The topological polar surface area (TPSA) is 64.8 Å². The first-order valence-electron chi connectivity index (χ1n) is 8.50. The molecule has 0 amide bonds. The van der Waals surface area contributed by atoms with Gasteiger partial charge in [-0.1, -0.05) is 45.9 Å². The largest absolute Gasteiger partial charge is 0.269 e. The van der Waals surface area contributed by atoms with E-state index >= 15 is 0 Å². The maximum atomic E-state index is 13.0. The van der Waals surface area contributed by atoms with Gasteiger partial charge in [0.15, 0.2) is 5.65 Å². The number of hydrogen-bond donors (Lipinski definition) is 0. The van der Waals surface area contributed by atoms with Crippen LogP contribution in [0.1, 0.15) is 45.5 Å². The van der Waals surface area contributed by atoms with Crippen molar-refractivity contribution in [1.29, 1.82) is 0 Å². The highest BCUT2D eigenvalue weighted by atomic mass is 32.2. The van der Waals surface area contributed by atoms with Gasteiger partial charge in [0, 0.05) is 11.1 Å². The smallest absolute Gasteiger partial charge is 0.241 e. The fraction of sp³-hybridized carbons (Fsp3) is 0.368. The van der Waals surface area contributed by atoms with Crippen LogP contribution in [0, 0.1) is 6.92 Å². The molecule has 0 spiro atoms. The molecule has 25 heavy (non-hydrogen) atoms. The molecule has 136 valence electrons. The van der Waals surface area contributed by atoms with Gasteiger partial charge in [0.05, 0.1) is 10.6 Å². The van der Waals surface area contributed by atoms with E-state index in [0.29, 0.717) is 11.3 Å². The van der Waals surface area contributed by atoms with E-state index in [-0.39, 0.29) is 4.91 Å². The van der Waals surface area contributed by atoms with Gasteiger partial charge >= 0.3 is 0 Å². The highest BCUT2D eigenvalue weighted by Gasteiger charge is 2.24. The zero-order chi connectivity index (χ0) is 19.0. The molecule has 0 bridgehead atoms. The Morgan fingerprint density at radius 1 is 1.32 bits per heavy atom. The Morgan fingerprint density at radius 2 is 2.00 bits per heavy atom. The highest BCUT2D eigenvalue weighted by molar-refractivity contribution is 7.94. The summed E-state index contributed by atoms with van der Waals surface area (Å²) in [5.41, 5.74) is 1.90. The first kappa shape index (κ1) is 20.8. The minimum atomic E-state index is -3.74. The lowest BCUT2D eigenvalue weighted by Crippen LogP contribution is -2.16. The van der Waals surface area contributed by atoms with Crippen LogP contribution in [0.25, 0.3) is 11.0 Å². The number of rotatable bonds is 6. The van der Waals surface area contributed by atoms with E-state index in [4.69, 9.17) is 0 Å². The van der Waals surface area contributed by atoms with Crippen LogP contribution in [0.4, 0.5) is 0 Å². The Balaban J connectivity index is 0.00000151. The Kier molecular flexibility index (Phi) is 7.77. The normalized spacial score (nSPS) is 12.3. The monoisotopic (exact) mass is 361 g/mol. The van der Waals surface area contributed by atoms with E-state index in [1.165, 1.54) is 22.5 Å². The van der Waals surface area contributed by atoms with Crippen molar-refractivity contribution in [3.05, 3.63) is 59.6 Å². The van der Waals surface area contributed by atoms with Gasteiger partial charge in [-0.25, -0.2) is 22.4 Å². The minimum Gasteiger partial charge on any atom is -0.241 e. The highest BCUT2D eigenvalue weighted by Crippen LogP contribution is 2.26. The first-order valence-corrected chi connectivity index (χ1v) is 9.94. The van der Waals surface area contributed by atoms with E-state index in [9.17, 15) is 8.42 Å². The molecule has 0 aliphatic heterocycles. The van der Waals surface area contributed by atoms with Gasteiger partial charge in [0.2, 0.25) is 0 Å². The molecule has 0 saturated carbocycles. The van der Waals surface area contributed by atoms with Crippen molar-refractivity contribution in [2.45, 2.75) is 47.5 Å². The van der Waals surface area contributed by atoms with Gasteiger partial charge in [-0.3, -0.25) is 0 Å². The zero-order valence-corrected chi connectivity index (χ0v) is 16.5. The fourth-order valence-corrected chi connectivity index (χ4v) is 4.11. The van der Waals surface area contributed by atoms with Crippen molar-refractivity contribution < 1.29 is 8.42 Å². The van der Waals surface area contributed by atoms with E-state index in [1.807, 2.05) is 19.9 Å². The van der Waals surface area contributed by atoms with Crippen LogP contribution in [0.3, 0.4) is 0 Å². The van der Waals surface area contributed by atoms with E-state index < -0.39 is 10.0 Å². The molecule has 0 N–H and O–H groups in total. The average molecular weight is 362 g/mol. The number of fused-ring (bicyclic) bond motifs is 1. The summed E-state index contributed by atoms with van der Waals surface area (Å²) in [6.07, 6.45) is 9.32. The van der Waals surface area contributed by atoms with Crippen LogP contribution in [-0.2, 0) is 16.4 Å². The fourth-order valence-electron chi connectivity index (χ4n) is 2.52. The van der Waals surface area contributed by atoms with Crippen LogP contribution < -0.4 is 0 Å². The van der Waals surface area contributed by atoms with E-state index in [0.717, 1.165) is 23.9 Å². The minimum absolute atomic E-state index is 0.172. The third-order valence-electron chi connectivity index (χ3n) is 3.45. The van der Waals surface area contributed by atoms with Crippen LogP contribution in [0.15, 0.2) is 48.2 Å². The lowest BCUT2D eigenvalue weighted by atomic mass is 10.2. The summed E-state index contributed by atoms with van der Waals surface area (Å²) in [4.78, 5) is 8.67. The molecule has 2 heterocycles. The third-order valence-corrected chi connectivity index (χ3v) is 5.26. The predicted octanol–water partition coefficient (Wildman–Crippen LogP) is 4.54. The Bertz CT molecular complexity index is 891. The lowest BCUT2D eigenvalue weighted by molar-refractivity contribution is 0.595. The molecule has 5 nitrogen and oxygen atoms in total. The molecule has 0 aromatic carbocycles. The van der Waals surface area contributed by atoms with Gasteiger partial charge in [-0.2, -0.15) is 0 Å². The predicted molar refractivity (Wildman–Crippen MR) is 105 cm³/mol. The summed E-state index contributed by atoms with van der Waals surface area (Å²) < 4.78 is 27.3. The zero-order valence-electron chi connectivity index (χ0n) is 15.7. The molecule has 0 saturated heterocycles. The third kappa shape index (κ3) is 4.25. The SMILES string of the molecule is C=C/C=C(\C=C/C)S(=O)(=O)n1c(C)cc2c(CCC)ncnc21.CC. The summed E-state index contributed by atoms with van der Waals surface area (Å²) in [5.74, 6) is 0. The molecule has 0 aliphatic rings. The van der Waals surface area contributed by atoms with Crippen molar-refractivity contribution >= 4 is 21.1 Å². The second-order valence-electron chi connectivity index (χ2n) is 5.17. The second kappa shape index (κ2) is 9.32. The molecule has 0 radical (unpaired) electrons. The molecule has 2 rings (SSSR count). The molecular weight excluding hydrogens is 334 g/mol. The molecule has 2 aromatic heterocycles. The number of aryl methyl sites for hydroxylation is 2. The van der Waals surface area contributed by atoms with Crippen molar-refractivity contribution in [3.63, 3.8) is 0 Å². The van der Waals surface area contributed by atoms with E-state index in [1.54, 1.807) is 26.0 Å². The Morgan fingerprint density at radius 3 is 2.56 bits per heavy atom. The standard InChI is InChI=1S/C17H21N3O2S.C2H6/c1-5-8-14(9-6-2)23(21,22)20-13(4)11-15-16(10-7-3)18-12-19-17(15)20;1-2/h5-6,8-9,11-12H,1,7,10H2,2-4H3;1-2H3/b9-6-,14-8+;. The maximum Gasteiger partial charge on any atom is 0.269 e. The van der Waals surface area contributed by atoms with Gasteiger partial charge < -0.3 is 0 Å². The molecule has 0 unspecified atom stereocenters. The molecule has 0 fully saturated rings. The maximum absolute atomic E-state index is 13.0. The molecule has 6 heteroatoms. The van der Waals surface area contributed by atoms with Gasteiger partial charge in [-0.05, 0) is 38.5 Å². The quantitative estimate of drug-likeness (QED) is 0.708. The molecule has 0 aliphatic carbocycles. The summed E-state index contributed by atoms with van der Waals surface area (Å²) in [6.45, 7) is 13.2. The molecular formula is C19H27N3O2S. The van der Waals surface area contributed by atoms with Gasteiger partial charge in [0.1, 0.15) is 6.33 Å². The Hall–Kier alpha value is -2.21. The summed E-state index contributed by atoms with van der Waals surface area (Å²) in [6, 6.07) is 1.83. The average Bonchev–Trinajstić information content (AvgIpc) is 2.94. The Labute approximate surface area is 150 Å². The first-order chi connectivity index (χ1) is 12.0. The van der Waals surface area contributed by atoms with Gasteiger partial charge in [-0.15, -0.1) is 0 Å². The summed E-state index contributed by atoms with van der Waals surface area (Å²) >= 11 is 0. The molecule has 0 atom stereocenters. The summed E-state index contributed by atoms with van der Waals surface area (Å²) in [5, 5.41) is 0.786. The van der Waals surface area contributed by atoms with Crippen molar-refractivity contribution in [1.82, 2.24) is 13.9 Å². The van der Waals surface area contributed by atoms with Crippen molar-refractivity contribution in [3.8, 4) is 0 Å². The second-order valence-corrected chi connectivity index (χ2v) is 6.95. The van der Waals surface area contributed by atoms with Crippen LogP contribution in [-0.4, -0.2) is 22.4 Å². The number of aromatic nitrogens is 3. The molecule has 2 aromatic rings. The summed E-state index contributed by atoms with van der Waals surface area (Å²) in [7, 11) is -3.74. The van der Waals surface area contributed by atoms with Crippen molar-refractivity contribution in [2.24, 2.45) is 0 Å². The van der Waals surface area contributed by atoms with Crippen molar-refractivity contribution in [2.75, 3.05) is 0 Å². The number of nitrogens with zero attached hydrogens (tertiary/aromatic N) is 3. The van der Waals surface area contributed by atoms with Crippen LogP contribution in [0.2, 0.25) is 0 Å².